The number of nitrogens with one attached hydrogen (secondary N) is 2. The van der Waals surface area contributed by atoms with E-state index in [9.17, 15) is 4.79 Å². The number of rotatable bonds is 3. The molecule has 2 aromatic carbocycles. The van der Waals surface area contributed by atoms with Crippen LogP contribution in [0, 0.1) is 0 Å². The summed E-state index contributed by atoms with van der Waals surface area (Å²) in [6.45, 7) is 6.79. The average molecular weight is 378 g/mol. The molecule has 28 heavy (non-hydrogen) atoms. The third-order valence-electron chi connectivity index (χ3n) is 5.80. The first kappa shape index (κ1) is 17.2. The fourth-order valence-corrected chi connectivity index (χ4v) is 3.83. The molecule has 2 aliphatic rings. The Hall–Kier alpha value is -2.95. The number of carbonyl (C=O) groups excluding carboxylic acids is 1. The van der Waals surface area contributed by atoms with Crippen molar-refractivity contribution >= 4 is 22.5 Å². The Bertz CT molecular complexity index is 1090. The van der Waals surface area contributed by atoms with Crippen LogP contribution in [0.2, 0.25) is 0 Å². The Morgan fingerprint density at radius 1 is 1.07 bits per heavy atom. The number of aromatic amines is 1. The molecule has 2 N–H and O–H groups in total. The number of carbonyl (C=O) groups is 1. The van der Waals surface area contributed by atoms with E-state index in [4.69, 9.17) is 9.47 Å². The van der Waals surface area contributed by atoms with E-state index in [-0.39, 0.29) is 19.5 Å². The molecule has 0 unspecified atom stereocenters. The number of benzene rings is 2. The minimum Gasteiger partial charge on any atom is -0.454 e. The van der Waals surface area contributed by atoms with Crippen molar-refractivity contribution in [3.63, 3.8) is 0 Å². The minimum absolute atomic E-state index is 0. The summed E-state index contributed by atoms with van der Waals surface area (Å²) in [4.78, 5) is 16.6. The first-order valence-electron chi connectivity index (χ1n) is 9.70. The van der Waals surface area contributed by atoms with Crippen LogP contribution in [0.3, 0.4) is 0 Å². The van der Waals surface area contributed by atoms with E-state index < -0.39 is 5.41 Å². The van der Waals surface area contributed by atoms with Crippen LogP contribution in [0.1, 0.15) is 46.3 Å². The van der Waals surface area contributed by atoms with Crippen molar-refractivity contribution in [2.75, 3.05) is 12.1 Å². The lowest BCUT2D eigenvalue weighted by molar-refractivity contribution is -0.118. The van der Waals surface area contributed by atoms with Gasteiger partial charge in [-0.3, -0.25) is 4.79 Å². The minimum atomic E-state index is -0.470. The lowest BCUT2D eigenvalue weighted by Gasteiger charge is -2.16. The molecule has 5 nitrogen and oxygen atoms in total. The van der Waals surface area contributed by atoms with Crippen LogP contribution in [0.15, 0.2) is 42.5 Å². The summed E-state index contributed by atoms with van der Waals surface area (Å²) in [6, 6.07) is 14.0. The molecule has 1 amide bonds. The van der Waals surface area contributed by atoms with Gasteiger partial charge < -0.3 is 19.8 Å². The molecule has 3 aromatic rings. The fraction of sp³-hybridized carbons (Fsp3) is 0.348. The third-order valence-corrected chi connectivity index (χ3v) is 5.80. The van der Waals surface area contributed by atoms with Crippen molar-refractivity contribution in [3.05, 3.63) is 53.7 Å². The van der Waals surface area contributed by atoms with E-state index in [0.717, 1.165) is 46.5 Å². The second kappa shape index (κ2) is 5.77. The van der Waals surface area contributed by atoms with E-state index in [1.165, 1.54) is 5.69 Å². The van der Waals surface area contributed by atoms with Gasteiger partial charge in [0.1, 0.15) is 0 Å². The van der Waals surface area contributed by atoms with Crippen molar-refractivity contribution < 1.29 is 15.7 Å². The zero-order valence-corrected chi connectivity index (χ0v) is 16.4. The highest BCUT2D eigenvalue weighted by molar-refractivity contribution is 6.02. The summed E-state index contributed by atoms with van der Waals surface area (Å²) in [5.41, 5.74) is 3.61. The van der Waals surface area contributed by atoms with Crippen LogP contribution >= 0.6 is 0 Å². The lowest BCUT2D eigenvalue weighted by Crippen LogP contribution is -2.27. The Labute approximate surface area is 165 Å². The molecular weight excluding hydrogens is 352 g/mol. The molecule has 2 heterocycles. The second-order valence-electron chi connectivity index (χ2n) is 8.84. The summed E-state index contributed by atoms with van der Waals surface area (Å²) >= 11 is 0. The van der Waals surface area contributed by atoms with E-state index >= 15 is 0 Å². The highest BCUT2D eigenvalue weighted by Gasteiger charge is 2.51. The maximum atomic E-state index is 13.1. The maximum absolute atomic E-state index is 13.1. The quantitative estimate of drug-likeness (QED) is 0.666. The maximum Gasteiger partial charge on any atom is 0.235 e. The highest BCUT2D eigenvalue weighted by Crippen LogP contribution is 2.51. The average Bonchev–Trinajstić information content (AvgIpc) is 3.13. The van der Waals surface area contributed by atoms with Gasteiger partial charge >= 0.3 is 0 Å². The zero-order valence-electron chi connectivity index (χ0n) is 16.4. The molecule has 0 spiro atoms. The number of fused-ring (bicyclic) bond motifs is 2. The van der Waals surface area contributed by atoms with Crippen molar-refractivity contribution in [1.82, 2.24) is 4.98 Å². The van der Waals surface area contributed by atoms with Crippen LogP contribution in [-0.4, -0.2) is 17.7 Å². The SMILES string of the molecule is CC(C)(C)c1cc2ccc(NC(=O)C3(c4ccc5c(c4)OCO5)CC3)cc2[nH]1.[HH]. The van der Waals surface area contributed by atoms with Gasteiger partial charge in [-0.15, -0.1) is 0 Å². The molecule has 0 radical (unpaired) electrons. The topological polar surface area (TPSA) is 63.4 Å². The smallest absolute Gasteiger partial charge is 0.235 e. The van der Waals surface area contributed by atoms with Gasteiger partial charge in [0.25, 0.3) is 0 Å². The summed E-state index contributed by atoms with van der Waals surface area (Å²) in [5, 5.41) is 4.27. The highest BCUT2D eigenvalue weighted by atomic mass is 16.7. The number of aromatic nitrogens is 1. The molecule has 0 atom stereocenters. The molecule has 0 saturated heterocycles. The normalized spacial score (nSPS) is 17.0. The number of amides is 1. The Balaban J connectivity index is 0.00000205. The van der Waals surface area contributed by atoms with Crippen LogP contribution in [0.25, 0.3) is 10.9 Å². The van der Waals surface area contributed by atoms with E-state index in [1.54, 1.807) is 0 Å². The Kier molecular flexibility index (Phi) is 3.54. The molecule has 0 bridgehead atoms. The molecule has 1 aromatic heterocycles. The summed E-state index contributed by atoms with van der Waals surface area (Å²) in [7, 11) is 0. The van der Waals surface area contributed by atoms with Crippen LogP contribution < -0.4 is 14.8 Å². The zero-order chi connectivity index (χ0) is 19.5. The molecule has 1 aliphatic heterocycles. The van der Waals surface area contributed by atoms with Crippen LogP contribution in [-0.2, 0) is 15.6 Å². The molecule has 1 saturated carbocycles. The van der Waals surface area contributed by atoms with Gasteiger partial charge in [0.15, 0.2) is 11.5 Å². The van der Waals surface area contributed by atoms with Gasteiger partial charge in [-0.25, -0.2) is 0 Å². The van der Waals surface area contributed by atoms with Gasteiger partial charge in [-0.2, -0.15) is 0 Å². The van der Waals surface area contributed by atoms with Crippen molar-refractivity contribution in [1.29, 1.82) is 0 Å². The van der Waals surface area contributed by atoms with E-state index in [2.05, 4.69) is 43.2 Å². The van der Waals surface area contributed by atoms with Crippen molar-refractivity contribution in [2.24, 2.45) is 0 Å². The summed E-state index contributed by atoms with van der Waals surface area (Å²) in [5.74, 6) is 1.50. The number of hydrogen-bond donors (Lipinski definition) is 2. The second-order valence-corrected chi connectivity index (χ2v) is 8.84. The molecule has 5 heteroatoms. The van der Waals surface area contributed by atoms with E-state index in [0.29, 0.717) is 0 Å². The fourth-order valence-electron chi connectivity index (χ4n) is 3.83. The van der Waals surface area contributed by atoms with Gasteiger partial charge in [0, 0.05) is 23.7 Å². The predicted octanol–water partition coefficient (Wildman–Crippen LogP) is 5.11. The number of anilines is 1. The van der Waals surface area contributed by atoms with Gasteiger partial charge in [0.2, 0.25) is 12.7 Å². The molecular formula is C23H26N2O3. The van der Waals surface area contributed by atoms with Crippen LogP contribution in [0.5, 0.6) is 11.5 Å². The Morgan fingerprint density at radius 2 is 1.86 bits per heavy atom. The van der Waals surface area contributed by atoms with Crippen molar-refractivity contribution in [2.45, 2.75) is 44.4 Å². The third kappa shape index (κ3) is 2.73. The number of H-pyrrole nitrogens is 1. The molecule has 5 rings (SSSR count). The lowest BCUT2D eigenvalue weighted by atomic mass is 9.92. The molecule has 146 valence electrons. The van der Waals surface area contributed by atoms with Gasteiger partial charge in [-0.05, 0) is 54.1 Å². The summed E-state index contributed by atoms with van der Waals surface area (Å²) in [6.07, 6.45) is 1.69. The summed E-state index contributed by atoms with van der Waals surface area (Å²) < 4.78 is 10.9. The monoisotopic (exact) mass is 378 g/mol. The van der Waals surface area contributed by atoms with Gasteiger partial charge in [-0.1, -0.05) is 32.9 Å². The Morgan fingerprint density at radius 3 is 2.61 bits per heavy atom. The van der Waals surface area contributed by atoms with Crippen LogP contribution in [0.4, 0.5) is 5.69 Å². The largest absolute Gasteiger partial charge is 0.454 e. The first-order chi connectivity index (χ1) is 13.3. The standard InChI is InChI=1S/C23H24N2O3.H2/c1-22(2,3)20-10-14-4-6-16(12-17(14)25-20)24-21(26)23(8-9-23)15-5-7-18-19(11-15)28-13-27-18;/h4-7,10-12,25H,8-9,13H2,1-3H3,(H,24,26);1H. The first-order valence-corrected chi connectivity index (χ1v) is 9.70. The van der Waals surface area contributed by atoms with E-state index in [1.807, 2.05) is 30.3 Å². The number of hydrogen-bond acceptors (Lipinski definition) is 3. The predicted molar refractivity (Wildman–Crippen MR) is 111 cm³/mol. The van der Waals surface area contributed by atoms with Crippen molar-refractivity contribution in [3.8, 4) is 11.5 Å². The number of ether oxygens (including phenoxy) is 2. The van der Waals surface area contributed by atoms with Gasteiger partial charge in [0.05, 0.1) is 5.41 Å². The molecule has 1 aliphatic carbocycles. The molecule has 1 fully saturated rings.